The molecule has 0 heterocycles. The zero-order chi connectivity index (χ0) is 12.1. The Hall–Kier alpha value is -0.820. The van der Waals surface area contributed by atoms with E-state index >= 15 is 0 Å². The number of hydrogen-bond acceptors (Lipinski definition) is 1. The fraction of sp³-hybridized carbons (Fsp3) is 0.600. The van der Waals surface area contributed by atoms with Crippen LogP contribution in [0.25, 0.3) is 0 Å². The number of aliphatic hydroxyl groups is 1. The van der Waals surface area contributed by atoms with Gasteiger partial charge < -0.3 is 5.11 Å². The molecular weight excluding hydrogens is 196 g/mol. The normalized spacial score (nSPS) is 13.1. The van der Waals surface area contributed by atoms with E-state index in [0.29, 0.717) is 5.92 Å². The van der Waals surface area contributed by atoms with Crippen molar-refractivity contribution in [1.82, 2.24) is 0 Å². The van der Waals surface area contributed by atoms with Gasteiger partial charge in [-0.05, 0) is 41.9 Å². The van der Waals surface area contributed by atoms with E-state index in [4.69, 9.17) is 0 Å². The maximum absolute atomic E-state index is 10.2. The van der Waals surface area contributed by atoms with Crippen LogP contribution in [0.3, 0.4) is 0 Å². The third-order valence-corrected chi connectivity index (χ3v) is 3.05. The molecular formula is C15H24O. The van der Waals surface area contributed by atoms with Crippen molar-refractivity contribution in [3.8, 4) is 0 Å². The Balaban J connectivity index is 2.98. The molecule has 0 fully saturated rings. The first kappa shape index (κ1) is 13.2. The van der Waals surface area contributed by atoms with Gasteiger partial charge in [0.15, 0.2) is 0 Å². The Morgan fingerprint density at radius 1 is 1.12 bits per heavy atom. The van der Waals surface area contributed by atoms with Gasteiger partial charge in [0.2, 0.25) is 0 Å². The lowest BCUT2D eigenvalue weighted by Gasteiger charge is -2.18. The molecule has 1 aromatic carbocycles. The van der Waals surface area contributed by atoms with Crippen molar-refractivity contribution in [2.45, 2.75) is 53.1 Å². The average molecular weight is 220 g/mol. The van der Waals surface area contributed by atoms with Gasteiger partial charge in [-0.15, -0.1) is 0 Å². The fourth-order valence-corrected chi connectivity index (χ4v) is 2.07. The molecule has 0 amide bonds. The molecule has 0 aliphatic heterocycles. The molecule has 0 radical (unpaired) electrons. The molecule has 1 nitrogen and oxygen atoms in total. The van der Waals surface area contributed by atoms with Gasteiger partial charge in [0.25, 0.3) is 0 Å². The van der Waals surface area contributed by atoms with Gasteiger partial charge in [-0.3, -0.25) is 0 Å². The third-order valence-electron chi connectivity index (χ3n) is 3.05. The summed E-state index contributed by atoms with van der Waals surface area (Å²) in [4.78, 5) is 0. The average Bonchev–Trinajstić information content (AvgIpc) is 2.27. The number of hydrogen-bond donors (Lipinski definition) is 1. The summed E-state index contributed by atoms with van der Waals surface area (Å²) in [6.07, 6.45) is 2.57. The smallest absolute Gasteiger partial charge is 0.0795 e. The highest BCUT2D eigenvalue weighted by atomic mass is 16.3. The Kier molecular flexibility index (Phi) is 5.01. The second-order valence-corrected chi connectivity index (χ2v) is 4.89. The molecule has 0 aliphatic rings. The molecule has 0 aromatic heterocycles. The lowest BCUT2D eigenvalue weighted by atomic mass is 9.92. The van der Waals surface area contributed by atoms with Gasteiger partial charge in [0.1, 0.15) is 0 Å². The topological polar surface area (TPSA) is 20.2 Å². The van der Waals surface area contributed by atoms with E-state index in [-0.39, 0.29) is 6.10 Å². The van der Waals surface area contributed by atoms with Crippen molar-refractivity contribution >= 4 is 0 Å². The summed E-state index contributed by atoms with van der Waals surface area (Å²) in [5.74, 6) is 0.532. The Bertz CT molecular complexity index is 328. The highest BCUT2D eigenvalue weighted by Crippen LogP contribution is 2.26. The number of rotatable bonds is 5. The summed E-state index contributed by atoms with van der Waals surface area (Å²) < 4.78 is 0. The quantitative estimate of drug-likeness (QED) is 0.798. The molecule has 0 bridgehead atoms. The Morgan fingerprint density at radius 3 is 2.31 bits per heavy atom. The van der Waals surface area contributed by atoms with E-state index in [1.54, 1.807) is 0 Å². The van der Waals surface area contributed by atoms with Gasteiger partial charge in [-0.25, -0.2) is 0 Å². The molecule has 1 unspecified atom stereocenters. The Labute approximate surface area is 99.5 Å². The van der Waals surface area contributed by atoms with Crippen molar-refractivity contribution in [2.75, 3.05) is 0 Å². The molecule has 1 N–H and O–H groups in total. The molecule has 1 aromatic rings. The van der Waals surface area contributed by atoms with E-state index in [2.05, 4.69) is 45.9 Å². The minimum atomic E-state index is -0.304. The maximum atomic E-state index is 10.2. The van der Waals surface area contributed by atoms with Crippen molar-refractivity contribution in [1.29, 1.82) is 0 Å². The highest BCUT2D eigenvalue weighted by Gasteiger charge is 2.13. The van der Waals surface area contributed by atoms with Crippen LogP contribution in [-0.2, 0) is 12.8 Å². The van der Waals surface area contributed by atoms with Crippen LogP contribution in [0.1, 0.15) is 56.9 Å². The minimum Gasteiger partial charge on any atom is -0.388 e. The van der Waals surface area contributed by atoms with E-state index < -0.39 is 0 Å². The number of aliphatic hydroxyl groups excluding tert-OH is 1. The first-order chi connectivity index (χ1) is 7.58. The van der Waals surface area contributed by atoms with Crippen LogP contribution in [0, 0.1) is 5.92 Å². The molecule has 0 aliphatic carbocycles. The first-order valence-corrected chi connectivity index (χ1v) is 6.38. The number of benzene rings is 1. The molecule has 1 heteroatoms. The van der Waals surface area contributed by atoms with Crippen LogP contribution in [0.2, 0.25) is 0 Å². The lowest BCUT2D eigenvalue weighted by Crippen LogP contribution is -2.06. The standard InChI is InChI=1S/C15H24O/c1-5-12-7-8-13(6-2)14(10-12)15(16)9-11(3)4/h7-8,10-11,15-16H,5-6,9H2,1-4H3. The fourth-order valence-electron chi connectivity index (χ4n) is 2.07. The molecule has 1 rings (SSSR count). The van der Waals surface area contributed by atoms with Gasteiger partial charge in [0, 0.05) is 0 Å². The van der Waals surface area contributed by atoms with Gasteiger partial charge in [-0.2, -0.15) is 0 Å². The van der Waals surface area contributed by atoms with Gasteiger partial charge in [0.05, 0.1) is 6.10 Å². The zero-order valence-electron chi connectivity index (χ0n) is 11.0. The highest BCUT2D eigenvalue weighted by molar-refractivity contribution is 5.33. The van der Waals surface area contributed by atoms with Crippen LogP contribution in [0.4, 0.5) is 0 Å². The lowest BCUT2D eigenvalue weighted by molar-refractivity contribution is 0.150. The van der Waals surface area contributed by atoms with Crippen LogP contribution in [-0.4, -0.2) is 5.11 Å². The van der Waals surface area contributed by atoms with E-state index in [0.717, 1.165) is 24.8 Å². The molecule has 0 saturated heterocycles. The van der Waals surface area contributed by atoms with Crippen LogP contribution < -0.4 is 0 Å². The molecule has 1 atom stereocenters. The summed E-state index contributed by atoms with van der Waals surface area (Å²) in [6.45, 7) is 8.60. The number of aryl methyl sites for hydroxylation is 2. The SMILES string of the molecule is CCc1ccc(CC)c(C(O)CC(C)C)c1. The first-order valence-electron chi connectivity index (χ1n) is 6.38. The molecule has 0 spiro atoms. The van der Waals surface area contributed by atoms with Gasteiger partial charge >= 0.3 is 0 Å². The monoisotopic (exact) mass is 220 g/mol. The van der Waals surface area contributed by atoms with Crippen LogP contribution >= 0.6 is 0 Å². The second-order valence-electron chi connectivity index (χ2n) is 4.89. The van der Waals surface area contributed by atoms with Crippen LogP contribution in [0.15, 0.2) is 18.2 Å². The second kappa shape index (κ2) is 6.05. The summed E-state index contributed by atoms with van der Waals surface area (Å²) in [5.41, 5.74) is 3.73. The van der Waals surface area contributed by atoms with E-state index in [9.17, 15) is 5.11 Å². The van der Waals surface area contributed by atoms with Crippen LogP contribution in [0.5, 0.6) is 0 Å². The largest absolute Gasteiger partial charge is 0.388 e. The maximum Gasteiger partial charge on any atom is 0.0795 e. The van der Waals surface area contributed by atoms with Gasteiger partial charge in [-0.1, -0.05) is 45.9 Å². The zero-order valence-corrected chi connectivity index (χ0v) is 11.0. The summed E-state index contributed by atoms with van der Waals surface area (Å²) in [7, 11) is 0. The summed E-state index contributed by atoms with van der Waals surface area (Å²) in [5, 5.41) is 10.2. The predicted molar refractivity (Wildman–Crippen MR) is 69.6 cm³/mol. The Morgan fingerprint density at radius 2 is 1.81 bits per heavy atom. The molecule has 16 heavy (non-hydrogen) atoms. The third kappa shape index (κ3) is 3.34. The van der Waals surface area contributed by atoms with Crippen molar-refractivity contribution in [3.05, 3.63) is 34.9 Å². The predicted octanol–water partition coefficient (Wildman–Crippen LogP) is 3.89. The van der Waals surface area contributed by atoms with E-state index in [1.807, 2.05) is 0 Å². The van der Waals surface area contributed by atoms with Crippen molar-refractivity contribution in [2.24, 2.45) is 5.92 Å². The summed E-state index contributed by atoms with van der Waals surface area (Å²) >= 11 is 0. The molecule has 90 valence electrons. The van der Waals surface area contributed by atoms with Crippen molar-refractivity contribution < 1.29 is 5.11 Å². The minimum absolute atomic E-state index is 0.304. The molecule has 0 saturated carbocycles. The summed E-state index contributed by atoms with van der Waals surface area (Å²) in [6, 6.07) is 6.51. The van der Waals surface area contributed by atoms with E-state index in [1.165, 1.54) is 11.1 Å². The van der Waals surface area contributed by atoms with Crippen molar-refractivity contribution in [3.63, 3.8) is 0 Å².